The summed E-state index contributed by atoms with van der Waals surface area (Å²) in [5.74, 6) is 0.586. The van der Waals surface area contributed by atoms with E-state index >= 15 is 0 Å². The molecule has 0 saturated heterocycles. The number of nitrogens with one attached hydrogen (secondary N) is 1. The standard InChI is InChI=1S/C21H26FN5O/c1-6-23-16-8-9-17(18(22)13-16)20-15(4)25-27-19(12-14(3)24-21(20)27)26(7-2)10-11-28-5/h6,8-9,12-13,23H,1,7,10-11H2,2-5H3. The molecule has 3 aromatic rings. The fraction of sp³-hybridized carbons (Fsp3) is 0.333. The molecular formula is C21H26FN5O. The molecule has 0 atom stereocenters. The molecule has 3 rings (SSSR count). The maximum Gasteiger partial charge on any atom is 0.165 e. The first-order chi connectivity index (χ1) is 13.5. The highest BCUT2D eigenvalue weighted by molar-refractivity contribution is 5.82. The third-order valence-corrected chi connectivity index (χ3v) is 4.65. The summed E-state index contributed by atoms with van der Waals surface area (Å²) in [6.07, 6.45) is 1.52. The number of rotatable bonds is 8. The topological polar surface area (TPSA) is 54.7 Å². The van der Waals surface area contributed by atoms with Gasteiger partial charge in [-0.2, -0.15) is 9.61 Å². The molecule has 1 aromatic carbocycles. The highest BCUT2D eigenvalue weighted by atomic mass is 19.1. The first-order valence-corrected chi connectivity index (χ1v) is 9.28. The molecule has 0 unspecified atom stereocenters. The van der Waals surface area contributed by atoms with Crippen LogP contribution >= 0.6 is 0 Å². The van der Waals surface area contributed by atoms with Gasteiger partial charge in [-0.1, -0.05) is 6.58 Å². The van der Waals surface area contributed by atoms with Gasteiger partial charge in [-0.15, -0.1) is 0 Å². The number of hydrogen-bond acceptors (Lipinski definition) is 5. The number of halogens is 1. The lowest BCUT2D eigenvalue weighted by Crippen LogP contribution is -2.29. The molecule has 7 heteroatoms. The Kier molecular flexibility index (Phi) is 5.94. The fourth-order valence-electron chi connectivity index (χ4n) is 3.33. The smallest absolute Gasteiger partial charge is 0.165 e. The highest BCUT2D eigenvalue weighted by Crippen LogP contribution is 2.33. The largest absolute Gasteiger partial charge is 0.383 e. The minimum atomic E-state index is -0.332. The van der Waals surface area contributed by atoms with Crippen LogP contribution in [-0.2, 0) is 4.74 Å². The second-order valence-corrected chi connectivity index (χ2v) is 6.57. The number of methoxy groups -OCH3 is 1. The summed E-state index contributed by atoms with van der Waals surface area (Å²) in [7, 11) is 1.69. The van der Waals surface area contributed by atoms with E-state index in [9.17, 15) is 4.39 Å². The maximum atomic E-state index is 14.9. The number of fused-ring (bicyclic) bond motifs is 1. The molecule has 28 heavy (non-hydrogen) atoms. The number of aromatic nitrogens is 3. The van der Waals surface area contributed by atoms with Gasteiger partial charge in [0.05, 0.1) is 17.9 Å². The fourth-order valence-corrected chi connectivity index (χ4v) is 3.33. The average Bonchev–Trinajstić information content (AvgIpc) is 2.98. The van der Waals surface area contributed by atoms with Gasteiger partial charge in [-0.25, -0.2) is 9.37 Å². The zero-order valence-electron chi connectivity index (χ0n) is 16.8. The molecule has 0 aliphatic carbocycles. The zero-order chi connectivity index (χ0) is 20.3. The first-order valence-electron chi connectivity index (χ1n) is 9.28. The Balaban J connectivity index is 2.18. The number of likely N-dealkylation sites (N-methyl/N-ethyl adjacent to an activating group) is 1. The van der Waals surface area contributed by atoms with Crippen molar-refractivity contribution in [1.29, 1.82) is 0 Å². The molecule has 1 N–H and O–H groups in total. The lowest BCUT2D eigenvalue weighted by Gasteiger charge is -2.23. The van der Waals surface area contributed by atoms with Crippen LogP contribution in [0.15, 0.2) is 37.0 Å². The monoisotopic (exact) mass is 383 g/mol. The van der Waals surface area contributed by atoms with Crippen LogP contribution in [0.5, 0.6) is 0 Å². The molecule has 6 nitrogen and oxygen atoms in total. The van der Waals surface area contributed by atoms with E-state index in [0.717, 1.165) is 30.3 Å². The van der Waals surface area contributed by atoms with Crippen molar-refractivity contribution in [1.82, 2.24) is 14.6 Å². The number of ether oxygens (including phenoxy) is 1. The van der Waals surface area contributed by atoms with Crippen LogP contribution in [0.4, 0.5) is 15.9 Å². The number of nitrogens with zero attached hydrogens (tertiary/aromatic N) is 4. The Bertz CT molecular complexity index is 998. The quantitative estimate of drug-likeness (QED) is 0.632. The van der Waals surface area contributed by atoms with Crippen LogP contribution in [0.3, 0.4) is 0 Å². The van der Waals surface area contributed by atoms with Gasteiger partial charge in [-0.3, -0.25) is 0 Å². The Morgan fingerprint density at radius 1 is 1.32 bits per heavy atom. The van der Waals surface area contributed by atoms with Crippen LogP contribution in [-0.4, -0.2) is 41.4 Å². The van der Waals surface area contributed by atoms with Crippen molar-refractivity contribution in [2.45, 2.75) is 20.8 Å². The van der Waals surface area contributed by atoms with E-state index in [1.807, 2.05) is 26.0 Å². The summed E-state index contributed by atoms with van der Waals surface area (Å²) < 4.78 is 21.9. The molecule has 0 saturated carbocycles. The van der Waals surface area contributed by atoms with E-state index in [1.165, 1.54) is 12.3 Å². The van der Waals surface area contributed by atoms with Crippen LogP contribution in [0.25, 0.3) is 16.8 Å². The summed E-state index contributed by atoms with van der Waals surface area (Å²) in [5, 5.41) is 7.58. The summed E-state index contributed by atoms with van der Waals surface area (Å²) in [5.41, 5.74) is 4.05. The molecule has 2 aromatic heterocycles. The van der Waals surface area contributed by atoms with Crippen molar-refractivity contribution in [3.8, 4) is 11.1 Å². The molecule has 0 aliphatic heterocycles. The number of aryl methyl sites for hydroxylation is 2. The van der Waals surface area contributed by atoms with Gasteiger partial charge in [-0.05, 0) is 45.2 Å². The van der Waals surface area contributed by atoms with Gasteiger partial charge < -0.3 is 15.0 Å². The molecule has 2 heterocycles. The summed E-state index contributed by atoms with van der Waals surface area (Å²) in [6.45, 7) is 11.6. The lowest BCUT2D eigenvalue weighted by molar-refractivity contribution is 0.205. The van der Waals surface area contributed by atoms with Crippen LogP contribution in [0, 0.1) is 19.7 Å². The summed E-state index contributed by atoms with van der Waals surface area (Å²) >= 11 is 0. The van der Waals surface area contributed by atoms with Crippen molar-refractivity contribution in [2.24, 2.45) is 0 Å². The minimum Gasteiger partial charge on any atom is -0.383 e. The molecule has 148 valence electrons. The molecule has 0 spiro atoms. The number of anilines is 2. The lowest BCUT2D eigenvalue weighted by atomic mass is 10.0. The van der Waals surface area contributed by atoms with Crippen molar-refractivity contribution in [3.63, 3.8) is 0 Å². The number of benzene rings is 1. The van der Waals surface area contributed by atoms with Gasteiger partial charge in [0.15, 0.2) is 5.65 Å². The van der Waals surface area contributed by atoms with E-state index in [2.05, 4.69) is 33.8 Å². The normalized spacial score (nSPS) is 11.0. The SMILES string of the molecule is C=CNc1ccc(-c2c(C)nn3c(N(CC)CCOC)cc(C)nc23)c(F)c1. The zero-order valence-corrected chi connectivity index (χ0v) is 16.8. The Labute approximate surface area is 164 Å². The van der Waals surface area contributed by atoms with E-state index in [1.54, 1.807) is 17.7 Å². The van der Waals surface area contributed by atoms with Crippen molar-refractivity contribution in [2.75, 3.05) is 37.0 Å². The molecular weight excluding hydrogens is 357 g/mol. The van der Waals surface area contributed by atoms with E-state index in [0.29, 0.717) is 29.1 Å². The maximum absolute atomic E-state index is 14.9. The average molecular weight is 383 g/mol. The molecule has 0 fully saturated rings. The Morgan fingerprint density at radius 3 is 2.75 bits per heavy atom. The van der Waals surface area contributed by atoms with Crippen LogP contribution in [0.1, 0.15) is 18.3 Å². The molecule has 0 radical (unpaired) electrons. The predicted octanol–water partition coefficient (Wildman–Crippen LogP) is 4.18. The second-order valence-electron chi connectivity index (χ2n) is 6.57. The van der Waals surface area contributed by atoms with E-state index < -0.39 is 0 Å². The molecule has 0 aliphatic rings. The molecule has 0 amide bonds. The number of hydrogen-bond donors (Lipinski definition) is 1. The van der Waals surface area contributed by atoms with Crippen LogP contribution < -0.4 is 10.2 Å². The second kappa shape index (κ2) is 8.39. The third-order valence-electron chi connectivity index (χ3n) is 4.65. The Hall–Kier alpha value is -2.93. The van der Waals surface area contributed by atoms with Gasteiger partial charge >= 0.3 is 0 Å². The minimum absolute atomic E-state index is 0.332. The Morgan fingerprint density at radius 2 is 2.11 bits per heavy atom. The predicted molar refractivity (Wildman–Crippen MR) is 111 cm³/mol. The van der Waals surface area contributed by atoms with Crippen LogP contribution in [0.2, 0.25) is 0 Å². The third kappa shape index (κ3) is 3.71. The van der Waals surface area contributed by atoms with Gasteiger partial charge in [0, 0.05) is 43.2 Å². The van der Waals surface area contributed by atoms with E-state index in [4.69, 9.17) is 4.74 Å². The molecule has 0 bridgehead atoms. The van der Waals surface area contributed by atoms with Gasteiger partial charge in [0.1, 0.15) is 11.6 Å². The summed E-state index contributed by atoms with van der Waals surface area (Å²) in [6, 6.07) is 7.01. The van der Waals surface area contributed by atoms with Gasteiger partial charge in [0.25, 0.3) is 0 Å². The van der Waals surface area contributed by atoms with Crippen molar-refractivity contribution in [3.05, 3.63) is 54.2 Å². The van der Waals surface area contributed by atoms with Crippen molar-refractivity contribution < 1.29 is 9.13 Å². The first kappa shape index (κ1) is 19.8. The van der Waals surface area contributed by atoms with E-state index in [-0.39, 0.29) is 5.82 Å². The van der Waals surface area contributed by atoms with Crippen molar-refractivity contribution >= 4 is 17.2 Å². The highest BCUT2D eigenvalue weighted by Gasteiger charge is 2.20. The summed E-state index contributed by atoms with van der Waals surface area (Å²) in [4.78, 5) is 6.85. The van der Waals surface area contributed by atoms with Gasteiger partial charge in [0.2, 0.25) is 0 Å².